The summed E-state index contributed by atoms with van der Waals surface area (Å²) in [7, 11) is 0. The van der Waals surface area contributed by atoms with E-state index in [1.54, 1.807) is 6.07 Å². The zero-order valence-corrected chi connectivity index (χ0v) is 9.69. The number of piperidine rings is 1. The van der Waals surface area contributed by atoms with Gasteiger partial charge < -0.3 is 9.42 Å². The van der Waals surface area contributed by atoms with Gasteiger partial charge >= 0.3 is 6.03 Å². The second-order valence-corrected chi connectivity index (χ2v) is 4.43. The van der Waals surface area contributed by atoms with Crippen molar-refractivity contribution < 1.29 is 9.32 Å². The van der Waals surface area contributed by atoms with Gasteiger partial charge in [-0.25, -0.2) is 4.79 Å². The molecule has 88 valence electrons. The number of hydrogen-bond acceptors (Lipinski definition) is 3. The summed E-state index contributed by atoms with van der Waals surface area (Å²) in [5.41, 5.74) is 0.766. The van der Waals surface area contributed by atoms with Crippen LogP contribution in [-0.2, 0) is 0 Å². The van der Waals surface area contributed by atoms with E-state index in [2.05, 4.69) is 17.4 Å². The van der Waals surface area contributed by atoms with Gasteiger partial charge in [-0.3, -0.25) is 5.32 Å². The van der Waals surface area contributed by atoms with E-state index in [9.17, 15) is 4.79 Å². The number of rotatable bonds is 1. The third-order valence-corrected chi connectivity index (χ3v) is 2.93. The van der Waals surface area contributed by atoms with Crippen LogP contribution in [0.4, 0.5) is 10.7 Å². The lowest BCUT2D eigenvalue weighted by Crippen LogP contribution is -2.40. The molecule has 5 heteroatoms. The van der Waals surface area contributed by atoms with Gasteiger partial charge in [0.05, 0.1) is 5.69 Å². The highest BCUT2D eigenvalue weighted by Gasteiger charge is 2.20. The highest BCUT2D eigenvalue weighted by molar-refractivity contribution is 5.87. The van der Waals surface area contributed by atoms with Gasteiger partial charge in [-0.1, -0.05) is 12.1 Å². The zero-order valence-electron chi connectivity index (χ0n) is 9.69. The van der Waals surface area contributed by atoms with Crippen molar-refractivity contribution in [1.29, 1.82) is 0 Å². The van der Waals surface area contributed by atoms with E-state index in [1.165, 1.54) is 0 Å². The van der Waals surface area contributed by atoms with Crippen molar-refractivity contribution in [3.05, 3.63) is 11.8 Å². The van der Waals surface area contributed by atoms with Gasteiger partial charge in [0.15, 0.2) is 0 Å². The van der Waals surface area contributed by atoms with Crippen LogP contribution in [0.2, 0.25) is 0 Å². The van der Waals surface area contributed by atoms with Gasteiger partial charge in [-0.05, 0) is 25.7 Å². The van der Waals surface area contributed by atoms with Crippen molar-refractivity contribution in [3.63, 3.8) is 0 Å². The summed E-state index contributed by atoms with van der Waals surface area (Å²) in [5.74, 6) is 1.14. The van der Waals surface area contributed by atoms with E-state index in [0.29, 0.717) is 5.88 Å². The second-order valence-electron chi connectivity index (χ2n) is 4.43. The first-order chi connectivity index (χ1) is 7.65. The lowest BCUT2D eigenvalue weighted by atomic mass is 10.00. The van der Waals surface area contributed by atoms with Crippen LogP contribution < -0.4 is 5.32 Å². The van der Waals surface area contributed by atoms with Crippen LogP contribution in [0.15, 0.2) is 10.6 Å². The van der Waals surface area contributed by atoms with Crippen LogP contribution in [-0.4, -0.2) is 29.2 Å². The first kappa shape index (κ1) is 11.0. The molecule has 1 fully saturated rings. The second kappa shape index (κ2) is 4.55. The molecule has 0 radical (unpaired) electrons. The summed E-state index contributed by atoms with van der Waals surface area (Å²) >= 11 is 0. The number of carbonyl (C=O) groups is 1. The van der Waals surface area contributed by atoms with Crippen LogP contribution in [0.3, 0.4) is 0 Å². The summed E-state index contributed by atoms with van der Waals surface area (Å²) < 4.78 is 4.94. The largest absolute Gasteiger partial charge is 0.338 e. The van der Waals surface area contributed by atoms with Crippen molar-refractivity contribution in [2.24, 2.45) is 5.92 Å². The average molecular weight is 223 g/mol. The molecule has 2 heterocycles. The molecule has 0 spiro atoms. The Labute approximate surface area is 94.8 Å². The molecule has 5 nitrogen and oxygen atoms in total. The minimum absolute atomic E-state index is 0.0944. The lowest BCUT2D eigenvalue weighted by Gasteiger charge is -2.29. The SMILES string of the molecule is Cc1cc(NC(=O)N2CCC(C)CC2)on1. The minimum atomic E-state index is -0.0944. The normalized spacial score (nSPS) is 17.5. The average Bonchev–Trinajstić information content (AvgIpc) is 2.65. The van der Waals surface area contributed by atoms with E-state index >= 15 is 0 Å². The lowest BCUT2D eigenvalue weighted by molar-refractivity contribution is 0.186. The minimum Gasteiger partial charge on any atom is -0.338 e. The predicted octanol–water partition coefficient (Wildman–Crippen LogP) is 2.25. The molecule has 1 N–H and O–H groups in total. The highest BCUT2D eigenvalue weighted by atomic mass is 16.5. The summed E-state index contributed by atoms with van der Waals surface area (Å²) in [4.78, 5) is 13.6. The number of aromatic nitrogens is 1. The monoisotopic (exact) mass is 223 g/mol. The number of nitrogens with one attached hydrogen (secondary N) is 1. The highest BCUT2D eigenvalue weighted by Crippen LogP contribution is 2.17. The quantitative estimate of drug-likeness (QED) is 0.794. The molecule has 0 atom stereocenters. The Balaban J connectivity index is 1.88. The molecule has 1 aliphatic rings. The molecule has 1 aliphatic heterocycles. The van der Waals surface area contributed by atoms with Crippen LogP contribution >= 0.6 is 0 Å². The third kappa shape index (κ3) is 2.53. The van der Waals surface area contributed by atoms with Crippen LogP contribution in [0.25, 0.3) is 0 Å². The Kier molecular flexibility index (Phi) is 3.12. The molecule has 1 saturated heterocycles. The van der Waals surface area contributed by atoms with Crippen molar-refractivity contribution in [2.75, 3.05) is 18.4 Å². The summed E-state index contributed by atoms with van der Waals surface area (Å²) in [6.45, 7) is 5.68. The molecule has 0 aliphatic carbocycles. The fraction of sp³-hybridized carbons (Fsp3) is 0.636. The number of likely N-dealkylation sites (tertiary alicyclic amines) is 1. The number of hydrogen-bond donors (Lipinski definition) is 1. The summed E-state index contributed by atoms with van der Waals surface area (Å²) in [5, 5.41) is 6.42. The molecule has 0 saturated carbocycles. The van der Waals surface area contributed by atoms with E-state index in [0.717, 1.165) is 37.5 Å². The van der Waals surface area contributed by atoms with E-state index in [-0.39, 0.29) is 6.03 Å². The van der Waals surface area contributed by atoms with Gasteiger partial charge in [-0.15, -0.1) is 0 Å². The molecular weight excluding hydrogens is 206 g/mol. The van der Waals surface area contributed by atoms with Crippen molar-refractivity contribution >= 4 is 11.9 Å². The molecule has 16 heavy (non-hydrogen) atoms. The number of carbonyl (C=O) groups excluding carboxylic acids is 1. The fourth-order valence-corrected chi connectivity index (χ4v) is 1.82. The molecule has 1 aromatic heterocycles. The maximum atomic E-state index is 11.8. The standard InChI is InChI=1S/C11H17N3O2/c1-8-3-5-14(6-4-8)11(15)12-10-7-9(2)13-16-10/h7-8H,3-6H2,1-2H3,(H,12,15). The van der Waals surface area contributed by atoms with Gasteiger partial charge in [0, 0.05) is 19.2 Å². The number of aryl methyl sites for hydroxylation is 1. The third-order valence-electron chi connectivity index (χ3n) is 2.93. The fourth-order valence-electron chi connectivity index (χ4n) is 1.82. The maximum absolute atomic E-state index is 11.8. The molecule has 1 aromatic rings. The molecule has 2 rings (SSSR count). The molecule has 0 aromatic carbocycles. The van der Waals surface area contributed by atoms with E-state index in [4.69, 9.17) is 4.52 Å². The number of amides is 2. The zero-order chi connectivity index (χ0) is 11.5. The Bertz CT molecular complexity index is 367. The molecule has 0 bridgehead atoms. The van der Waals surface area contributed by atoms with Crippen LogP contribution in [0, 0.1) is 12.8 Å². The van der Waals surface area contributed by atoms with Gasteiger partial charge in [0.25, 0.3) is 0 Å². The van der Waals surface area contributed by atoms with E-state index < -0.39 is 0 Å². The topological polar surface area (TPSA) is 58.4 Å². The van der Waals surface area contributed by atoms with Crippen LogP contribution in [0.1, 0.15) is 25.5 Å². The molecule has 2 amide bonds. The Morgan fingerprint density at radius 1 is 1.56 bits per heavy atom. The van der Waals surface area contributed by atoms with Crippen molar-refractivity contribution in [1.82, 2.24) is 10.1 Å². The number of anilines is 1. The van der Waals surface area contributed by atoms with E-state index in [1.807, 2.05) is 11.8 Å². The Morgan fingerprint density at radius 2 is 2.25 bits per heavy atom. The summed E-state index contributed by atoms with van der Waals surface area (Å²) in [6, 6.07) is 1.62. The smallest absolute Gasteiger partial charge is 0.324 e. The van der Waals surface area contributed by atoms with Gasteiger partial charge in [0.1, 0.15) is 0 Å². The summed E-state index contributed by atoms with van der Waals surface area (Å²) in [6.07, 6.45) is 2.14. The Hall–Kier alpha value is -1.52. The van der Waals surface area contributed by atoms with Gasteiger partial charge in [-0.2, -0.15) is 0 Å². The first-order valence-corrected chi connectivity index (χ1v) is 5.64. The van der Waals surface area contributed by atoms with Crippen LogP contribution in [0.5, 0.6) is 0 Å². The number of nitrogens with zero attached hydrogens (tertiary/aromatic N) is 2. The van der Waals surface area contributed by atoms with Crippen molar-refractivity contribution in [3.8, 4) is 0 Å². The predicted molar refractivity (Wildman–Crippen MR) is 60.2 cm³/mol. The number of urea groups is 1. The maximum Gasteiger partial charge on any atom is 0.324 e. The molecular formula is C11H17N3O2. The van der Waals surface area contributed by atoms with Gasteiger partial charge in [0.2, 0.25) is 5.88 Å². The van der Waals surface area contributed by atoms with Crippen molar-refractivity contribution in [2.45, 2.75) is 26.7 Å². The first-order valence-electron chi connectivity index (χ1n) is 5.64. The Morgan fingerprint density at radius 3 is 2.81 bits per heavy atom. The molecule has 0 unspecified atom stereocenters.